The van der Waals surface area contributed by atoms with Gasteiger partial charge in [-0.1, -0.05) is 6.92 Å². The van der Waals surface area contributed by atoms with E-state index in [2.05, 4.69) is 5.32 Å². The predicted octanol–water partition coefficient (Wildman–Crippen LogP) is 0.0712. The molecule has 0 aromatic heterocycles. The number of hydrogen-bond donors (Lipinski definition) is 2. The van der Waals surface area contributed by atoms with Gasteiger partial charge in [-0.15, -0.1) is 0 Å². The van der Waals surface area contributed by atoms with Crippen molar-refractivity contribution in [3.8, 4) is 0 Å². The molecule has 1 amide bonds. The van der Waals surface area contributed by atoms with E-state index in [1.54, 1.807) is 4.90 Å². The summed E-state index contributed by atoms with van der Waals surface area (Å²) in [6, 6.07) is 0.167. The van der Waals surface area contributed by atoms with Crippen LogP contribution in [-0.4, -0.2) is 48.2 Å². The third-order valence-corrected chi connectivity index (χ3v) is 3.16. The highest BCUT2D eigenvalue weighted by Gasteiger charge is 2.32. The molecule has 0 spiro atoms. The van der Waals surface area contributed by atoms with Gasteiger partial charge in [-0.25, -0.2) is 0 Å². The summed E-state index contributed by atoms with van der Waals surface area (Å²) < 4.78 is 0. The zero-order valence-electron chi connectivity index (χ0n) is 9.86. The maximum atomic E-state index is 12.1. The van der Waals surface area contributed by atoms with Crippen LogP contribution in [-0.2, 0) is 4.79 Å². The van der Waals surface area contributed by atoms with Crippen LogP contribution in [0.5, 0.6) is 0 Å². The van der Waals surface area contributed by atoms with Crippen LogP contribution in [0.4, 0.5) is 0 Å². The van der Waals surface area contributed by atoms with Crippen molar-refractivity contribution in [3.05, 3.63) is 0 Å². The Bertz CT molecular complexity index is 215. The highest BCUT2D eigenvalue weighted by molar-refractivity contribution is 5.79. The minimum Gasteiger partial charge on any atom is -0.395 e. The quantitative estimate of drug-likeness (QED) is 0.681. The summed E-state index contributed by atoms with van der Waals surface area (Å²) in [5.74, 6) is 0.711. The van der Waals surface area contributed by atoms with E-state index >= 15 is 0 Å². The fraction of sp³-hybridized carbons (Fsp3) is 0.909. The number of aliphatic hydroxyl groups is 1. The second-order valence-corrected chi connectivity index (χ2v) is 4.56. The van der Waals surface area contributed by atoms with Gasteiger partial charge >= 0.3 is 0 Å². The number of rotatable bonds is 5. The van der Waals surface area contributed by atoms with Gasteiger partial charge in [0.15, 0.2) is 0 Å². The first kappa shape index (κ1) is 12.5. The van der Waals surface area contributed by atoms with Gasteiger partial charge in [0.25, 0.3) is 0 Å². The summed E-state index contributed by atoms with van der Waals surface area (Å²) in [4.78, 5) is 13.9. The molecule has 2 N–H and O–H groups in total. The smallest absolute Gasteiger partial charge is 0.226 e. The van der Waals surface area contributed by atoms with E-state index in [1.807, 2.05) is 20.8 Å². The van der Waals surface area contributed by atoms with Gasteiger partial charge in [-0.05, 0) is 32.9 Å². The maximum Gasteiger partial charge on any atom is 0.226 e. The van der Waals surface area contributed by atoms with Crippen LogP contribution in [0, 0.1) is 11.8 Å². The Kier molecular flexibility index (Phi) is 4.54. The number of hydrogen-bond acceptors (Lipinski definition) is 3. The molecule has 0 aromatic carbocycles. The highest BCUT2D eigenvalue weighted by atomic mass is 16.3. The molecule has 0 aromatic rings. The SMILES string of the molecule is CC(C(=O)N(CCO)C(C)C)C1CNC1. The van der Waals surface area contributed by atoms with Gasteiger partial charge in [-0.3, -0.25) is 4.79 Å². The molecule has 4 nitrogen and oxygen atoms in total. The van der Waals surface area contributed by atoms with E-state index in [1.165, 1.54) is 0 Å². The molecule has 1 rings (SSSR count). The molecule has 0 aliphatic carbocycles. The van der Waals surface area contributed by atoms with Crippen LogP contribution in [0.3, 0.4) is 0 Å². The van der Waals surface area contributed by atoms with E-state index < -0.39 is 0 Å². The number of aliphatic hydroxyl groups excluding tert-OH is 1. The molecule has 1 aliphatic rings. The molecule has 1 atom stereocenters. The molecule has 0 bridgehead atoms. The van der Waals surface area contributed by atoms with Gasteiger partial charge < -0.3 is 15.3 Å². The molecule has 1 unspecified atom stereocenters. The minimum atomic E-state index is 0.0412. The number of amides is 1. The molecule has 0 radical (unpaired) electrons. The van der Waals surface area contributed by atoms with Gasteiger partial charge in [0.05, 0.1) is 6.61 Å². The molecule has 15 heavy (non-hydrogen) atoms. The third kappa shape index (κ3) is 2.92. The lowest BCUT2D eigenvalue weighted by Gasteiger charge is -2.36. The van der Waals surface area contributed by atoms with E-state index in [9.17, 15) is 4.79 Å². The Balaban J connectivity index is 2.53. The fourth-order valence-corrected chi connectivity index (χ4v) is 1.86. The largest absolute Gasteiger partial charge is 0.395 e. The summed E-state index contributed by atoms with van der Waals surface area (Å²) in [6.07, 6.45) is 0. The zero-order chi connectivity index (χ0) is 11.4. The van der Waals surface area contributed by atoms with Gasteiger partial charge in [0.1, 0.15) is 0 Å². The third-order valence-electron chi connectivity index (χ3n) is 3.16. The molecular weight excluding hydrogens is 192 g/mol. The number of carbonyl (C=O) groups excluding carboxylic acids is 1. The summed E-state index contributed by atoms with van der Waals surface area (Å²) in [6.45, 7) is 8.33. The standard InChI is InChI=1S/C11H22N2O2/c1-8(2)13(4-5-14)11(15)9(3)10-6-12-7-10/h8-10,12,14H,4-7H2,1-3H3. The Hall–Kier alpha value is -0.610. The topological polar surface area (TPSA) is 52.6 Å². The van der Waals surface area contributed by atoms with Crippen LogP contribution in [0.2, 0.25) is 0 Å². The van der Waals surface area contributed by atoms with E-state index in [0.29, 0.717) is 12.5 Å². The molecule has 4 heteroatoms. The number of carbonyl (C=O) groups is 1. The van der Waals surface area contributed by atoms with Crippen LogP contribution < -0.4 is 5.32 Å². The second-order valence-electron chi connectivity index (χ2n) is 4.56. The molecule has 0 saturated carbocycles. The normalized spacial score (nSPS) is 18.7. The van der Waals surface area contributed by atoms with Gasteiger partial charge in [0, 0.05) is 18.5 Å². The Morgan fingerprint density at radius 3 is 2.40 bits per heavy atom. The molecule has 88 valence electrons. The maximum absolute atomic E-state index is 12.1. The molecule has 1 aliphatic heterocycles. The van der Waals surface area contributed by atoms with Crippen molar-refractivity contribution in [3.63, 3.8) is 0 Å². The first-order valence-corrected chi connectivity index (χ1v) is 5.70. The van der Waals surface area contributed by atoms with Crippen molar-refractivity contribution in [2.75, 3.05) is 26.2 Å². The average molecular weight is 214 g/mol. The lowest BCUT2D eigenvalue weighted by atomic mass is 9.87. The van der Waals surface area contributed by atoms with Crippen molar-refractivity contribution in [2.24, 2.45) is 11.8 Å². The fourth-order valence-electron chi connectivity index (χ4n) is 1.86. The molecule has 1 fully saturated rings. The first-order chi connectivity index (χ1) is 7.07. The average Bonchev–Trinajstić information content (AvgIpc) is 2.09. The Morgan fingerprint density at radius 2 is 2.07 bits per heavy atom. The predicted molar refractivity (Wildman–Crippen MR) is 59.5 cm³/mol. The van der Waals surface area contributed by atoms with Crippen molar-refractivity contribution in [1.29, 1.82) is 0 Å². The lowest BCUT2D eigenvalue weighted by Crippen LogP contribution is -2.52. The summed E-state index contributed by atoms with van der Waals surface area (Å²) >= 11 is 0. The monoisotopic (exact) mass is 214 g/mol. The van der Waals surface area contributed by atoms with E-state index in [4.69, 9.17) is 5.11 Å². The van der Waals surface area contributed by atoms with Crippen LogP contribution in [0.25, 0.3) is 0 Å². The van der Waals surface area contributed by atoms with E-state index in [-0.39, 0.29) is 24.5 Å². The number of nitrogens with one attached hydrogen (secondary N) is 1. The first-order valence-electron chi connectivity index (χ1n) is 5.70. The van der Waals surface area contributed by atoms with Gasteiger partial charge in [-0.2, -0.15) is 0 Å². The van der Waals surface area contributed by atoms with E-state index in [0.717, 1.165) is 13.1 Å². The van der Waals surface area contributed by atoms with Crippen LogP contribution >= 0.6 is 0 Å². The molecular formula is C11H22N2O2. The van der Waals surface area contributed by atoms with Crippen molar-refractivity contribution < 1.29 is 9.90 Å². The Labute approximate surface area is 91.6 Å². The van der Waals surface area contributed by atoms with Crippen LogP contribution in [0.15, 0.2) is 0 Å². The highest BCUT2D eigenvalue weighted by Crippen LogP contribution is 2.19. The van der Waals surface area contributed by atoms with Crippen molar-refractivity contribution >= 4 is 5.91 Å². The summed E-state index contributed by atoms with van der Waals surface area (Å²) in [5, 5.41) is 12.1. The summed E-state index contributed by atoms with van der Waals surface area (Å²) in [5.41, 5.74) is 0. The second kappa shape index (κ2) is 5.47. The Morgan fingerprint density at radius 1 is 1.47 bits per heavy atom. The molecule has 1 heterocycles. The minimum absolute atomic E-state index is 0.0412. The van der Waals surface area contributed by atoms with Crippen molar-refractivity contribution in [1.82, 2.24) is 10.2 Å². The zero-order valence-corrected chi connectivity index (χ0v) is 9.86. The number of nitrogens with zero attached hydrogens (tertiary/aromatic N) is 1. The van der Waals surface area contributed by atoms with Crippen LogP contribution in [0.1, 0.15) is 20.8 Å². The summed E-state index contributed by atoms with van der Waals surface area (Å²) in [7, 11) is 0. The van der Waals surface area contributed by atoms with Gasteiger partial charge in [0.2, 0.25) is 5.91 Å². The lowest BCUT2D eigenvalue weighted by molar-refractivity contribution is -0.139. The molecule has 1 saturated heterocycles. The van der Waals surface area contributed by atoms with Crippen molar-refractivity contribution in [2.45, 2.75) is 26.8 Å².